The molecule has 0 bridgehead atoms. The number of nitrogens with zero attached hydrogens (tertiary/aromatic N) is 6. The Hall–Kier alpha value is -2.74. The number of benzene rings is 1. The molecule has 0 N–H and O–H groups in total. The van der Waals surface area contributed by atoms with Gasteiger partial charge in [-0.15, -0.1) is 26.3 Å². The molecule has 1 aliphatic rings. The van der Waals surface area contributed by atoms with E-state index in [0.717, 1.165) is 29.5 Å². The topological polar surface area (TPSA) is 69.4 Å². The Labute approximate surface area is 152 Å². The van der Waals surface area contributed by atoms with Crippen molar-refractivity contribution in [3.05, 3.63) is 46.9 Å². The van der Waals surface area contributed by atoms with E-state index in [1.165, 1.54) is 33.7 Å². The molecule has 26 heavy (non-hydrogen) atoms. The molecule has 1 atom stereocenters. The fourth-order valence-corrected chi connectivity index (χ4v) is 4.80. The molecule has 0 saturated heterocycles. The van der Waals surface area contributed by atoms with Crippen LogP contribution in [0.25, 0.3) is 27.4 Å². The van der Waals surface area contributed by atoms with Crippen molar-refractivity contribution in [2.45, 2.75) is 26.2 Å². The molecule has 6 nitrogen and oxygen atoms in total. The van der Waals surface area contributed by atoms with Gasteiger partial charge in [-0.1, -0.05) is 19.1 Å². The maximum atomic E-state index is 13.5. The molecule has 3 heterocycles. The zero-order valence-corrected chi connectivity index (χ0v) is 14.9. The molecule has 3 aromatic heterocycles. The highest BCUT2D eigenvalue weighted by Gasteiger charge is 2.24. The van der Waals surface area contributed by atoms with E-state index in [1.54, 1.807) is 23.5 Å². The average molecular weight is 366 g/mol. The second-order valence-electron chi connectivity index (χ2n) is 6.64. The zero-order chi connectivity index (χ0) is 17.7. The standard InChI is InChI=1S/C18H15FN6S/c1-10-5-6-13-14(7-10)26-18-15(13)17(20-9-21-18)25-23-16(22-24-25)11-3-2-4-12(19)8-11/h2-4,8-10H,5-7H2,1H3. The summed E-state index contributed by atoms with van der Waals surface area (Å²) in [7, 11) is 0. The Kier molecular flexibility index (Phi) is 3.53. The lowest BCUT2D eigenvalue weighted by molar-refractivity contribution is 0.509. The number of hydrogen-bond donors (Lipinski definition) is 0. The number of aromatic nitrogens is 6. The van der Waals surface area contributed by atoms with E-state index < -0.39 is 0 Å². The lowest BCUT2D eigenvalue weighted by Crippen LogP contribution is -2.10. The van der Waals surface area contributed by atoms with Crippen LogP contribution in [-0.2, 0) is 12.8 Å². The molecule has 0 saturated carbocycles. The maximum Gasteiger partial charge on any atom is 0.205 e. The summed E-state index contributed by atoms with van der Waals surface area (Å²) in [5.74, 6) is 1.37. The molecule has 0 amide bonds. The van der Waals surface area contributed by atoms with Gasteiger partial charge in [0.1, 0.15) is 17.0 Å². The summed E-state index contributed by atoms with van der Waals surface area (Å²) in [5.41, 5.74) is 1.89. The highest BCUT2D eigenvalue weighted by molar-refractivity contribution is 7.18. The maximum absolute atomic E-state index is 13.5. The first-order valence-electron chi connectivity index (χ1n) is 8.50. The van der Waals surface area contributed by atoms with Gasteiger partial charge in [0.25, 0.3) is 0 Å². The molecule has 8 heteroatoms. The van der Waals surface area contributed by atoms with Crippen LogP contribution < -0.4 is 0 Å². The van der Waals surface area contributed by atoms with Crippen LogP contribution in [0.4, 0.5) is 4.39 Å². The van der Waals surface area contributed by atoms with Crippen LogP contribution in [0.2, 0.25) is 0 Å². The van der Waals surface area contributed by atoms with E-state index in [9.17, 15) is 4.39 Å². The quantitative estimate of drug-likeness (QED) is 0.542. The molecule has 1 unspecified atom stereocenters. The van der Waals surface area contributed by atoms with Crippen LogP contribution in [-0.4, -0.2) is 30.2 Å². The zero-order valence-electron chi connectivity index (χ0n) is 14.1. The second kappa shape index (κ2) is 5.91. The molecule has 1 aliphatic carbocycles. The summed E-state index contributed by atoms with van der Waals surface area (Å²) in [6.07, 6.45) is 4.79. The van der Waals surface area contributed by atoms with Gasteiger partial charge in [-0.25, -0.2) is 14.4 Å². The van der Waals surface area contributed by atoms with E-state index >= 15 is 0 Å². The monoisotopic (exact) mass is 366 g/mol. The van der Waals surface area contributed by atoms with Gasteiger partial charge in [-0.3, -0.25) is 0 Å². The molecule has 5 rings (SSSR count). The smallest absolute Gasteiger partial charge is 0.205 e. The summed E-state index contributed by atoms with van der Waals surface area (Å²) in [5, 5.41) is 13.7. The van der Waals surface area contributed by atoms with Gasteiger partial charge >= 0.3 is 0 Å². The van der Waals surface area contributed by atoms with Crippen molar-refractivity contribution in [3.8, 4) is 17.2 Å². The van der Waals surface area contributed by atoms with Crippen LogP contribution in [0.1, 0.15) is 23.8 Å². The minimum absolute atomic E-state index is 0.329. The van der Waals surface area contributed by atoms with Crippen molar-refractivity contribution < 1.29 is 4.39 Å². The van der Waals surface area contributed by atoms with Crippen molar-refractivity contribution in [2.75, 3.05) is 0 Å². The van der Waals surface area contributed by atoms with Crippen molar-refractivity contribution in [3.63, 3.8) is 0 Å². The minimum atomic E-state index is -0.329. The highest BCUT2D eigenvalue weighted by atomic mass is 32.1. The lowest BCUT2D eigenvalue weighted by Gasteiger charge is -2.17. The number of halogens is 1. The average Bonchev–Trinajstić information content (AvgIpc) is 3.25. The minimum Gasteiger partial charge on any atom is -0.225 e. The van der Waals surface area contributed by atoms with Crippen LogP contribution in [0.3, 0.4) is 0 Å². The van der Waals surface area contributed by atoms with Gasteiger partial charge in [0.15, 0.2) is 5.82 Å². The summed E-state index contributed by atoms with van der Waals surface area (Å²) < 4.78 is 13.5. The van der Waals surface area contributed by atoms with Crippen molar-refractivity contribution in [1.82, 2.24) is 30.2 Å². The molecular formula is C18H15FN6S. The van der Waals surface area contributed by atoms with E-state index in [1.807, 2.05) is 0 Å². The van der Waals surface area contributed by atoms with Crippen molar-refractivity contribution >= 4 is 21.6 Å². The third kappa shape index (κ3) is 2.48. The van der Waals surface area contributed by atoms with Gasteiger partial charge in [-0.05, 0) is 48.1 Å². The normalized spacial score (nSPS) is 16.8. The number of tetrazole rings is 1. The number of aryl methyl sites for hydroxylation is 1. The summed E-state index contributed by atoms with van der Waals surface area (Å²) in [6.45, 7) is 2.28. The van der Waals surface area contributed by atoms with Gasteiger partial charge in [-0.2, -0.15) is 0 Å². The molecule has 0 spiro atoms. The summed E-state index contributed by atoms with van der Waals surface area (Å²) in [4.78, 5) is 12.6. The number of fused-ring (bicyclic) bond motifs is 3. The summed E-state index contributed by atoms with van der Waals surface area (Å²) >= 11 is 1.73. The van der Waals surface area contributed by atoms with E-state index in [0.29, 0.717) is 23.1 Å². The SMILES string of the molecule is CC1CCc2c(sc3ncnc(-n4nnc(-c5cccc(F)c5)n4)c23)C1. The van der Waals surface area contributed by atoms with Crippen molar-refractivity contribution in [1.29, 1.82) is 0 Å². The summed E-state index contributed by atoms with van der Waals surface area (Å²) in [6, 6.07) is 6.17. The van der Waals surface area contributed by atoms with Gasteiger partial charge in [0.2, 0.25) is 5.82 Å². The Bertz CT molecular complexity index is 1120. The molecule has 1 aromatic carbocycles. The highest BCUT2D eigenvalue weighted by Crippen LogP contribution is 2.38. The van der Waals surface area contributed by atoms with Gasteiger partial charge < -0.3 is 0 Å². The van der Waals surface area contributed by atoms with Crippen molar-refractivity contribution in [2.24, 2.45) is 5.92 Å². The Morgan fingerprint density at radius 2 is 2.19 bits per heavy atom. The molecule has 0 radical (unpaired) electrons. The van der Waals surface area contributed by atoms with Crippen LogP contribution in [0, 0.1) is 11.7 Å². The first-order valence-corrected chi connectivity index (χ1v) is 9.32. The molecule has 0 fully saturated rings. The van der Waals surface area contributed by atoms with Gasteiger partial charge in [0, 0.05) is 10.4 Å². The van der Waals surface area contributed by atoms with E-state index in [4.69, 9.17) is 0 Å². The lowest BCUT2D eigenvalue weighted by atomic mass is 9.89. The van der Waals surface area contributed by atoms with E-state index in [2.05, 4.69) is 32.3 Å². The Balaban J connectivity index is 1.64. The van der Waals surface area contributed by atoms with Crippen LogP contribution in [0.15, 0.2) is 30.6 Å². The van der Waals surface area contributed by atoms with Crippen LogP contribution in [0.5, 0.6) is 0 Å². The number of hydrogen-bond acceptors (Lipinski definition) is 6. The fraction of sp³-hybridized carbons (Fsp3) is 0.278. The first-order chi connectivity index (χ1) is 12.7. The number of thiophene rings is 1. The van der Waals surface area contributed by atoms with Gasteiger partial charge in [0.05, 0.1) is 5.39 Å². The second-order valence-corrected chi connectivity index (χ2v) is 7.73. The predicted octanol–water partition coefficient (Wildman–Crippen LogP) is 3.60. The molecule has 0 aliphatic heterocycles. The largest absolute Gasteiger partial charge is 0.225 e. The van der Waals surface area contributed by atoms with Crippen LogP contribution >= 0.6 is 11.3 Å². The van der Waals surface area contributed by atoms with E-state index in [-0.39, 0.29) is 5.82 Å². The fourth-order valence-electron chi connectivity index (χ4n) is 3.46. The molecule has 4 aromatic rings. The molecule has 130 valence electrons. The molecular weight excluding hydrogens is 351 g/mol. The first kappa shape index (κ1) is 15.5. The number of rotatable bonds is 2. The third-order valence-electron chi connectivity index (χ3n) is 4.76. The predicted molar refractivity (Wildman–Crippen MR) is 96.7 cm³/mol. The Morgan fingerprint density at radius 3 is 3.08 bits per heavy atom. The Morgan fingerprint density at radius 1 is 1.27 bits per heavy atom. The third-order valence-corrected chi connectivity index (χ3v) is 5.92.